The van der Waals surface area contributed by atoms with E-state index in [1.54, 1.807) is 6.07 Å². The SMILES string of the molecule is O=[N+]([O-])c1ccc(NCc2ccccc2CO)c(S(=O)(=O)N2CCCC2)c1. The van der Waals surface area contributed by atoms with Gasteiger partial charge in [0, 0.05) is 31.8 Å². The lowest BCUT2D eigenvalue weighted by Crippen LogP contribution is -2.28. The van der Waals surface area contributed by atoms with Crippen molar-refractivity contribution in [3.05, 3.63) is 63.7 Å². The number of benzene rings is 2. The smallest absolute Gasteiger partial charge is 0.270 e. The minimum Gasteiger partial charge on any atom is -0.392 e. The quantitative estimate of drug-likeness (QED) is 0.554. The van der Waals surface area contributed by atoms with E-state index in [0.29, 0.717) is 18.8 Å². The van der Waals surface area contributed by atoms with Crippen molar-refractivity contribution in [3.8, 4) is 0 Å². The number of aliphatic hydroxyl groups is 1. The monoisotopic (exact) mass is 391 g/mol. The predicted octanol–water partition coefficient (Wildman–Crippen LogP) is 2.48. The maximum atomic E-state index is 13.0. The first-order chi connectivity index (χ1) is 12.9. The molecular formula is C18H21N3O5S. The molecule has 1 saturated heterocycles. The highest BCUT2D eigenvalue weighted by molar-refractivity contribution is 7.89. The van der Waals surface area contributed by atoms with E-state index in [0.717, 1.165) is 30.0 Å². The Labute approximate surface area is 157 Å². The molecular weight excluding hydrogens is 370 g/mol. The van der Waals surface area contributed by atoms with Crippen molar-refractivity contribution in [1.82, 2.24) is 4.31 Å². The van der Waals surface area contributed by atoms with E-state index < -0.39 is 14.9 Å². The Balaban J connectivity index is 1.95. The molecule has 0 bridgehead atoms. The van der Waals surface area contributed by atoms with Crippen LogP contribution in [0, 0.1) is 10.1 Å². The fourth-order valence-electron chi connectivity index (χ4n) is 3.13. The molecule has 1 aliphatic rings. The number of nitro benzene ring substituents is 1. The van der Waals surface area contributed by atoms with E-state index >= 15 is 0 Å². The van der Waals surface area contributed by atoms with Crippen LogP contribution in [-0.4, -0.2) is 35.8 Å². The number of nitro groups is 1. The summed E-state index contributed by atoms with van der Waals surface area (Å²) in [4.78, 5) is 10.4. The van der Waals surface area contributed by atoms with Gasteiger partial charge in [-0.1, -0.05) is 24.3 Å². The van der Waals surface area contributed by atoms with Gasteiger partial charge in [0.25, 0.3) is 5.69 Å². The van der Waals surface area contributed by atoms with Gasteiger partial charge in [0.1, 0.15) is 4.90 Å². The van der Waals surface area contributed by atoms with Crippen LogP contribution < -0.4 is 5.32 Å². The van der Waals surface area contributed by atoms with E-state index in [1.165, 1.54) is 16.4 Å². The van der Waals surface area contributed by atoms with Crippen LogP contribution in [0.25, 0.3) is 0 Å². The minimum absolute atomic E-state index is 0.0971. The number of non-ortho nitro benzene ring substituents is 1. The molecule has 3 rings (SSSR count). The minimum atomic E-state index is -3.83. The normalized spacial score (nSPS) is 15.0. The third kappa shape index (κ3) is 4.10. The van der Waals surface area contributed by atoms with Crippen molar-refractivity contribution in [1.29, 1.82) is 0 Å². The zero-order valence-corrected chi connectivity index (χ0v) is 15.5. The van der Waals surface area contributed by atoms with Crippen LogP contribution in [0.15, 0.2) is 47.4 Å². The number of hydrogen-bond donors (Lipinski definition) is 2. The second-order valence-corrected chi connectivity index (χ2v) is 8.24. The molecule has 0 aromatic heterocycles. The number of nitrogens with zero attached hydrogens (tertiary/aromatic N) is 2. The summed E-state index contributed by atoms with van der Waals surface area (Å²) in [5.74, 6) is 0. The molecule has 1 aliphatic heterocycles. The molecule has 2 aromatic rings. The van der Waals surface area contributed by atoms with Gasteiger partial charge in [0.05, 0.1) is 17.2 Å². The third-order valence-electron chi connectivity index (χ3n) is 4.62. The Bertz CT molecular complexity index is 940. The molecule has 2 aromatic carbocycles. The Hall–Kier alpha value is -2.49. The Kier molecular flexibility index (Phi) is 5.73. The molecule has 0 atom stereocenters. The molecule has 0 saturated carbocycles. The van der Waals surface area contributed by atoms with Gasteiger partial charge in [-0.15, -0.1) is 0 Å². The Morgan fingerprint density at radius 2 is 1.78 bits per heavy atom. The topological polar surface area (TPSA) is 113 Å². The maximum Gasteiger partial charge on any atom is 0.270 e. The van der Waals surface area contributed by atoms with E-state index in [2.05, 4.69) is 5.32 Å². The van der Waals surface area contributed by atoms with E-state index in [-0.39, 0.29) is 23.7 Å². The summed E-state index contributed by atoms with van der Waals surface area (Å²) in [5.41, 5.74) is 1.59. The zero-order chi connectivity index (χ0) is 19.4. The number of rotatable bonds is 7. The lowest BCUT2D eigenvalue weighted by molar-refractivity contribution is -0.385. The van der Waals surface area contributed by atoms with Crippen molar-refractivity contribution in [3.63, 3.8) is 0 Å². The van der Waals surface area contributed by atoms with Crippen molar-refractivity contribution in [2.45, 2.75) is 30.9 Å². The second kappa shape index (κ2) is 8.03. The molecule has 0 amide bonds. The number of sulfonamides is 1. The van der Waals surface area contributed by atoms with Crippen molar-refractivity contribution < 1.29 is 18.4 Å². The van der Waals surface area contributed by atoms with Crippen LogP contribution >= 0.6 is 0 Å². The molecule has 0 aliphatic carbocycles. The molecule has 0 unspecified atom stereocenters. The first kappa shape index (κ1) is 19.3. The van der Waals surface area contributed by atoms with Crippen LogP contribution in [0.5, 0.6) is 0 Å². The molecule has 1 fully saturated rings. The van der Waals surface area contributed by atoms with Crippen LogP contribution in [0.2, 0.25) is 0 Å². The standard InChI is InChI=1S/C18H21N3O5S/c22-13-15-6-2-1-5-14(15)12-19-17-8-7-16(21(23)24)11-18(17)27(25,26)20-9-3-4-10-20/h1-2,5-8,11,19,22H,3-4,9-10,12-13H2. The Morgan fingerprint density at radius 3 is 2.41 bits per heavy atom. The van der Waals surface area contributed by atoms with Crippen molar-refractivity contribution >= 4 is 21.4 Å². The Morgan fingerprint density at radius 1 is 1.11 bits per heavy atom. The van der Waals surface area contributed by atoms with Crippen molar-refractivity contribution in [2.24, 2.45) is 0 Å². The zero-order valence-electron chi connectivity index (χ0n) is 14.7. The highest BCUT2D eigenvalue weighted by atomic mass is 32.2. The van der Waals surface area contributed by atoms with Gasteiger partial charge in [0.2, 0.25) is 10.0 Å². The molecule has 0 spiro atoms. The average molecular weight is 391 g/mol. The first-order valence-electron chi connectivity index (χ1n) is 8.63. The van der Waals surface area contributed by atoms with Crippen LogP contribution in [0.3, 0.4) is 0 Å². The van der Waals surface area contributed by atoms with E-state index in [9.17, 15) is 23.6 Å². The van der Waals surface area contributed by atoms with Gasteiger partial charge in [-0.25, -0.2) is 8.42 Å². The maximum absolute atomic E-state index is 13.0. The fraction of sp³-hybridized carbons (Fsp3) is 0.333. The number of hydrogen-bond acceptors (Lipinski definition) is 6. The van der Waals surface area contributed by atoms with Crippen LogP contribution in [0.4, 0.5) is 11.4 Å². The molecule has 2 N–H and O–H groups in total. The van der Waals surface area contributed by atoms with E-state index in [1.807, 2.05) is 18.2 Å². The van der Waals surface area contributed by atoms with Gasteiger partial charge in [-0.3, -0.25) is 10.1 Å². The highest BCUT2D eigenvalue weighted by Crippen LogP contribution is 2.31. The van der Waals surface area contributed by atoms with Gasteiger partial charge in [-0.05, 0) is 30.0 Å². The third-order valence-corrected chi connectivity index (χ3v) is 6.56. The number of aliphatic hydroxyl groups excluding tert-OH is 1. The number of nitrogens with one attached hydrogen (secondary N) is 1. The van der Waals surface area contributed by atoms with Crippen LogP contribution in [0.1, 0.15) is 24.0 Å². The van der Waals surface area contributed by atoms with Gasteiger partial charge in [-0.2, -0.15) is 4.31 Å². The summed E-state index contributed by atoms with van der Waals surface area (Å²) in [5, 5.41) is 23.6. The lowest BCUT2D eigenvalue weighted by Gasteiger charge is -2.19. The molecule has 1 heterocycles. The number of anilines is 1. The van der Waals surface area contributed by atoms with Gasteiger partial charge < -0.3 is 10.4 Å². The molecule has 8 nitrogen and oxygen atoms in total. The van der Waals surface area contributed by atoms with E-state index in [4.69, 9.17) is 0 Å². The highest BCUT2D eigenvalue weighted by Gasteiger charge is 2.31. The van der Waals surface area contributed by atoms with Crippen LogP contribution in [-0.2, 0) is 23.2 Å². The molecule has 9 heteroatoms. The summed E-state index contributed by atoms with van der Waals surface area (Å²) in [7, 11) is -3.83. The summed E-state index contributed by atoms with van der Waals surface area (Å²) < 4.78 is 27.3. The molecule has 27 heavy (non-hydrogen) atoms. The molecule has 144 valence electrons. The first-order valence-corrected chi connectivity index (χ1v) is 10.1. The fourth-order valence-corrected chi connectivity index (χ4v) is 4.83. The second-order valence-electron chi connectivity index (χ2n) is 6.33. The molecule has 0 radical (unpaired) electrons. The predicted molar refractivity (Wildman–Crippen MR) is 101 cm³/mol. The van der Waals surface area contributed by atoms with Crippen molar-refractivity contribution in [2.75, 3.05) is 18.4 Å². The largest absolute Gasteiger partial charge is 0.392 e. The lowest BCUT2D eigenvalue weighted by atomic mass is 10.1. The summed E-state index contributed by atoms with van der Waals surface area (Å²) in [6, 6.07) is 11.1. The van der Waals surface area contributed by atoms with Gasteiger partial charge >= 0.3 is 0 Å². The average Bonchev–Trinajstić information content (AvgIpc) is 3.22. The summed E-state index contributed by atoms with van der Waals surface area (Å²) in [6.45, 7) is 0.990. The summed E-state index contributed by atoms with van der Waals surface area (Å²) in [6.07, 6.45) is 1.56. The summed E-state index contributed by atoms with van der Waals surface area (Å²) >= 11 is 0. The van der Waals surface area contributed by atoms with Gasteiger partial charge in [0.15, 0.2) is 0 Å².